The van der Waals surface area contributed by atoms with Crippen LogP contribution >= 0.6 is 0 Å². The minimum absolute atomic E-state index is 0.327. The van der Waals surface area contributed by atoms with Crippen molar-refractivity contribution in [3.05, 3.63) is 71.1 Å². The van der Waals surface area contributed by atoms with Crippen molar-refractivity contribution in [2.45, 2.75) is 18.7 Å². The first-order chi connectivity index (χ1) is 8.99. The first-order valence-electron chi connectivity index (χ1n) is 6.04. The van der Waals surface area contributed by atoms with Crippen molar-refractivity contribution in [2.24, 2.45) is 0 Å². The Morgan fingerprint density at radius 2 is 1.53 bits per heavy atom. The lowest BCUT2D eigenvalue weighted by atomic mass is 10.1. The zero-order chi connectivity index (χ0) is 13.9. The Bertz CT molecular complexity index is 681. The molecule has 0 unspecified atom stereocenters. The van der Waals surface area contributed by atoms with Gasteiger partial charge in [-0.2, -0.15) is 0 Å². The van der Waals surface area contributed by atoms with Crippen molar-refractivity contribution < 1.29 is 8.42 Å². The van der Waals surface area contributed by atoms with E-state index in [0.29, 0.717) is 4.90 Å². The second-order valence-corrected chi connectivity index (χ2v) is 6.32. The minimum Gasteiger partial charge on any atom is -0.219 e. The quantitative estimate of drug-likeness (QED) is 0.851. The van der Waals surface area contributed by atoms with Gasteiger partial charge in [-0.15, -0.1) is 0 Å². The summed E-state index contributed by atoms with van der Waals surface area (Å²) in [5, 5.41) is 1.33. The minimum atomic E-state index is -3.39. The molecule has 0 aliphatic rings. The average molecular weight is 272 g/mol. The Morgan fingerprint density at radius 3 is 2.11 bits per heavy atom. The van der Waals surface area contributed by atoms with Gasteiger partial charge in [0.1, 0.15) is 0 Å². The van der Waals surface area contributed by atoms with Crippen LogP contribution in [0.3, 0.4) is 0 Å². The van der Waals surface area contributed by atoms with Crippen LogP contribution in [0.1, 0.15) is 18.1 Å². The number of rotatable bonds is 3. The van der Waals surface area contributed by atoms with E-state index in [2.05, 4.69) is 0 Å². The van der Waals surface area contributed by atoms with Gasteiger partial charge >= 0.3 is 0 Å². The van der Waals surface area contributed by atoms with Crippen molar-refractivity contribution in [3.63, 3.8) is 0 Å². The fraction of sp³-hybridized carbons (Fsp3) is 0.125. The molecule has 0 aliphatic heterocycles. The number of allylic oxidation sites excluding steroid dienone is 1. The summed E-state index contributed by atoms with van der Waals surface area (Å²) in [4.78, 5) is 0.327. The number of benzene rings is 2. The maximum Gasteiger partial charge on any atom is 0.200 e. The standard InChI is InChI=1S/C16H16O2S/c1-13-8-10-16(11-9-13)19(17,18)12-14(2)15-6-4-3-5-7-15/h3-12H,1-2H3/b14-12-. The third-order valence-electron chi connectivity index (χ3n) is 2.91. The molecule has 0 spiro atoms. The third-order valence-corrected chi connectivity index (χ3v) is 4.50. The molecule has 0 aromatic heterocycles. The molecule has 0 bridgehead atoms. The van der Waals surface area contributed by atoms with Gasteiger partial charge < -0.3 is 0 Å². The molecule has 0 radical (unpaired) electrons. The van der Waals surface area contributed by atoms with Gasteiger partial charge in [-0.25, -0.2) is 8.42 Å². The van der Waals surface area contributed by atoms with Gasteiger partial charge in [-0.05, 0) is 37.1 Å². The predicted molar refractivity (Wildman–Crippen MR) is 78.5 cm³/mol. The maximum absolute atomic E-state index is 12.3. The molecule has 0 N–H and O–H groups in total. The average Bonchev–Trinajstić information content (AvgIpc) is 2.40. The molecule has 0 saturated carbocycles. The summed E-state index contributed by atoms with van der Waals surface area (Å²) in [5.41, 5.74) is 2.70. The fourth-order valence-electron chi connectivity index (χ4n) is 1.80. The summed E-state index contributed by atoms with van der Waals surface area (Å²) < 4.78 is 24.5. The molecule has 3 heteroatoms. The van der Waals surface area contributed by atoms with Crippen LogP contribution in [0.4, 0.5) is 0 Å². The Kier molecular flexibility index (Phi) is 3.86. The highest BCUT2D eigenvalue weighted by Crippen LogP contribution is 2.19. The predicted octanol–water partition coefficient (Wildman–Crippen LogP) is 3.83. The van der Waals surface area contributed by atoms with E-state index in [1.54, 1.807) is 31.2 Å². The van der Waals surface area contributed by atoms with Gasteiger partial charge in [-0.1, -0.05) is 48.0 Å². The summed E-state index contributed by atoms with van der Waals surface area (Å²) >= 11 is 0. The van der Waals surface area contributed by atoms with E-state index in [0.717, 1.165) is 16.7 Å². The smallest absolute Gasteiger partial charge is 0.200 e. The molecule has 2 aromatic rings. The Balaban J connectivity index is 2.39. The summed E-state index contributed by atoms with van der Waals surface area (Å²) in [6.07, 6.45) is 0. The molecule has 2 nitrogen and oxygen atoms in total. The van der Waals surface area contributed by atoms with E-state index in [1.165, 1.54) is 5.41 Å². The van der Waals surface area contributed by atoms with E-state index in [1.807, 2.05) is 37.3 Å². The first-order valence-corrected chi connectivity index (χ1v) is 7.59. The summed E-state index contributed by atoms with van der Waals surface area (Å²) in [6.45, 7) is 3.74. The molecule has 19 heavy (non-hydrogen) atoms. The Labute approximate surface area is 114 Å². The van der Waals surface area contributed by atoms with Gasteiger partial charge in [0.2, 0.25) is 0 Å². The molecule has 0 atom stereocenters. The largest absolute Gasteiger partial charge is 0.219 e. The van der Waals surface area contributed by atoms with Crippen molar-refractivity contribution in [3.8, 4) is 0 Å². The van der Waals surface area contributed by atoms with E-state index in [-0.39, 0.29) is 0 Å². The van der Waals surface area contributed by atoms with E-state index >= 15 is 0 Å². The van der Waals surface area contributed by atoms with Crippen LogP contribution < -0.4 is 0 Å². The van der Waals surface area contributed by atoms with Crippen LogP contribution in [-0.4, -0.2) is 8.42 Å². The number of hydrogen-bond acceptors (Lipinski definition) is 2. The van der Waals surface area contributed by atoms with Crippen LogP contribution in [0, 0.1) is 6.92 Å². The fourth-order valence-corrected chi connectivity index (χ4v) is 3.05. The van der Waals surface area contributed by atoms with Gasteiger partial charge in [-0.3, -0.25) is 0 Å². The van der Waals surface area contributed by atoms with Gasteiger partial charge in [0.05, 0.1) is 4.90 Å². The highest BCUT2D eigenvalue weighted by atomic mass is 32.2. The normalized spacial score (nSPS) is 12.4. The second kappa shape index (κ2) is 5.41. The summed E-state index contributed by atoms with van der Waals surface area (Å²) in [6, 6.07) is 16.4. The lowest BCUT2D eigenvalue weighted by Crippen LogP contribution is -1.97. The maximum atomic E-state index is 12.3. The van der Waals surface area contributed by atoms with Crippen LogP contribution in [0.5, 0.6) is 0 Å². The lowest BCUT2D eigenvalue weighted by molar-refractivity contribution is 0.604. The zero-order valence-corrected chi connectivity index (χ0v) is 11.8. The van der Waals surface area contributed by atoms with E-state index in [9.17, 15) is 8.42 Å². The molecular weight excluding hydrogens is 256 g/mol. The molecule has 0 aliphatic carbocycles. The number of aryl methyl sites for hydroxylation is 1. The topological polar surface area (TPSA) is 34.1 Å². The van der Waals surface area contributed by atoms with Crippen molar-refractivity contribution >= 4 is 15.4 Å². The highest BCUT2D eigenvalue weighted by molar-refractivity contribution is 7.94. The highest BCUT2D eigenvalue weighted by Gasteiger charge is 2.11. The Morgan fingerprint density at radius 1 is 0.947 bits per heavy atom. The van der Waals surface area contributed by atoms with E-state index < -0.39 is 9.84 Å². The zero-order valence-electron chi connectivity index (χ0n) is 11.0. The van der Waals surface area contributed by atoms with Crippen molar-refractivity contribution in [1.29, 1.82) is 0 Å². The van der Waals surface area contributed by atoms with Crippen LogP contribution in [0.2, 0.25) is 0 Å². The van der Waals surface area contributed by atoms with Gasteiger partial charge in [0.15, 0.2) is 9.84 Å². The van der Waals surface area contributed by atoms with Crippen molar-refractivity contribution in [1.82, 2.24) is 0 Å². The number of hydrogen-bond donors (Lipinski definition) is 0. The molecule has 98 valence electrons. The molecular formula is C16H16O2S. The molecule has 2 rings (SSSR count). The third kappa shape index (κ3) is 3.32. The number of sulfone groups is 1. The molecule has 0 fully saturated rings. The molecule has 0 amide bonds. The van der Waals surface area contributed by atoms with E-state index in [4.69, 9.17) is 0 Å². The first kappa shape index (κ1) is 13.6. The summed E-state index contributed by atoms with van der Waals surface area (Å²) in [5.74, 6) is 0. The van der Waals surface area contributed by atoms with Gasteiger partial charge in [0.25, 0.3) is 0 Å². The van der Waals surface area contributed by atoms with Crippen LogP contribution in [0.15, 0.2) is 64.9 Å². The summed E-state index contributed by atoms with van der Waals surface area (Å²) in [7, 11) is -3.39. The monoisotopic (exact) mass is 272 g/mol. The second-order valence-electron chi connectivity index (χ2n) is 4.52. The lowest BCUT2D eigenvalue weighted by Gasteiger charge is -2.03. The van der Waals surface area contributed by atoms with Gasteiger partial charge in [0, 0.05) is 5.41 Å². The van der Waals surface area contributed by atoms with Crippen molar-refractivity contribution in [2.75, 3.05) is 0 Å². The SMILES string of the molecule is C/C(=C/S(=O)(=O)c1ccc(C)cc1)c1ccccc1. The molecule has 0 saturated heterocycles. The molecule has 2 aromatic carbocycles. The molecule has 0 heterocycles. The Hall–Kier alpha value is -1.87. The van der Waals surface area contributed by atoms with Crippen LogP contribution in [-0.2, 0) is 9.84 Å². The van der Waals surface area contributed by atoms with Crippen LogP contribution in [0.25, 0.3) is 5.57 Å².